The summed E-state index contributed by atoms with van der Waals surface area (Å²) in [5, 5.41) is 11.0. The van der Waals surface area contributed by atoms with E-state index < -0.39 is 0 Å². The van der Waals surface area contributed by atoms with Crippen molar-refractivity contribution in [1.29, 1.82) is 0 Å². The van der Waals surface area contributed by atoms with Crippen molar-refractivity contribution in [3.63, 3.8) is 0 Å². The molecule has 0 saturated carbocycles. The van der Waals surface area contributed by atoms with E-state index in [0.29, 0.717) is 11.8 Å². The van der Waals surface area contributed by atoms with Crippen LogP contribution in [0.25, 0.3) is 0 Å². The number of nitrogens with zero attached hydrogens (tertiary/aromatic N) is 1. The van der Waals surface area contributed by atoms with Crippen LogP contribution in [0.4, 0.5) is 0 Å². The standard InChI is InChI=1S/C29H48N4O/c1-20-16-23(14-15-33(20)9)21(2)26(30-7)24-12-10-11-13-25(24)27(31-8)32-19-22-17-28(3,4)34-29(5,6)18-22/h10-14,16,21-22,26-27,30-32H,15,17-19H2,1-9H3. The van der Waals surface area contributed by atoms with Gasteiger partial charge in [-0.25, -0.2) is 0 Å². The van der Waals surface area contributed by atoms with Crippen LogP contribution in [0.15, 0.2) is 47.7 Å². The first-order valence-electron chi connectivity index (χ1n) is 12.9. The highest BCUT2D eigenvalue weighted by molar-refractivity contribution is 5.37. The number of allylic oxidation sites excluding steroid dienone is 2. The number of rotatable bonds is 9. The van der Waals surface area contributed by atoms with E-state index in [4.69, 9.17) is 4.74 Å². The van der Waals surface area contributed by atoms with Gasteiger partial charge in [-0.3, -0.25) is 5.32 Å². The fourth-order valence-corrected chi connectivity index (χ4v) is 6.13. The van der Waals surface area contributed by atoms with E-state index in [0.717, 1.165) is 25.9 Å². The van der Waals surface area contributed by atoms with E-state index in [2.05, 4.69) is 120 Å². The van der Waals surface area contributed by atoms with Crippen molar-refractivity contribution < 1.29 is 4.74 Å². The summed E-state index contributed by atoms with van der Waals surface area (Å²) in [7, 11) is 6.28. The number of hydrogen-bond donors (Lipinski definition) is 3. The largest absolute Gasteiger partial charge is 0.374 e. The van der Waals surface area contributed by atoms with Crippen molar-refractivity contribution in [2.24, 2.45) is 11.8 Å². The minimum atomic E-state index is -0.0821. The van der Waals surface area contributed by atoms with E-state index in [1.54, 1.807) is 0 Å². The first-order chi connectivity index (χ1) is 16.0. The van der Waals surface area contributed by atoms with Crippen LogP contribution >= 0.6 is 0 Å². The summed E-state index contributed by atoms with van der Waals surface area (Å²) in [6.45, 7) is 15.4. The van der Waals surface area contributed by atoms with Crippen LogP contribution in [-0.2, 0) is 4.74 Å². The number of hydrogen-bond acceptors (Lipinski definition) is 5. The molecule has 0 radical (unpaired) electrons. The second-order valence-electron chi connectivity index (χ2n) is 11.6. The Morgan fingerprint density at radius 3 is 2.21 bits per heavy atom. The normalized spacial score (nSPS) is 23.1. The Morgan fingerprint density at radius 1 is 1.03 bits per heavy atom. The zero-order chi connectivity index (χ0) is 25.1. The Kier molecular flexibility index (Phi) is 8.67. The van der Waals surface area contributed by atoms with Gasteiger partial charge in [0, 0.05) is 31.2 Å². The summed E-state index contributed by atoms with van der Waals surface area (Å²) in [5.41, 5.74) is 5.23. The second kappa shape index (κ2) is 10.9. The molecule has 190 valence electrons. The Balaban J connectivity index is 1.79. The van der Waals surface area contributed by atoms with Crippen LogP contribution in [-0.4, -0.2) is 50.3 Å². The van der Waals surface area contributed by atoms with Crippen molar-refractivity contribution in [2.45, 2.75) is 77.8 Å². The molecule has 0 spiro atoms. The molecule has 0 aliphatic carbocycles. The minimum absolute atomic E-state index is 0.0821. The molecule has 1 aromatic carbocycles. The molecule has 1 saturated heterocycles. The van der Waals surface area contributed by atoms with Gasteiger partial charge in [-0.1, -0.05) is 37.3 Å². The Hall–Kier alpha value is -1.66. The molecule has 3 N–H and O–H groups in total. The van der Waals surface area contributed by atoms with E-state index in [1.807, 2.05) is 0 Å². The molecule has 3 atom stereocenters. The molecular formula is C29H48N4O. The topological polar surface area (TPSA) is 48.6 Å². The molecule has 5 nitrogen and oxygen atoms in total. The maximum Gasteiger partial charge on any atom is 0.0836 e. The molecule has 2 heterocycles. The van der Waals surface area contributed by atoms with Gasteiger partial charge >= 0.3 is 0 Å². The third kappa shape index (κ3) is 6.51. The van der Waals surface area contributed by atoms with Gasteiger partial charge in [-0.2, -0.15) is 0 Å². The van der Waals surface area contributed by atoms with Crippen LogP contribution in [0, 0.1) is 11.8 Å². The molecule has 2 aliphatic heterocycles. The summed E-state index contributed by atoms with van der Waals surface area (Å²) in [4.78, 5) is 2.29. The van der Waals surface area contributed by atoms with Crippen molar-refractivity contribution in [1.82, 2.24) is 20.9 Å². The molecule has 2 aliphatic rings. The van der Waals surface area contributed by atoms with E-state index in [-0.39, 0.29) is 23.4 Å². The number of nitrogens with one attached hydrogen (secondary N) is 3. The minimum Gasteiger partial charge on any atom is -0.374 e. The highest BCUT2D eigenvalue weighted by Crippen LogP contribution is 2.39. The third-order valence-corrected chi connectivity index (χ3v) is 7.57. The molecular weight excluding hydrogens is 420 g/mol. The van der Waals surface area contributed by atoms with Crippen molar-refractivity contribution >= 4 is 0 Å². The van der Waals surface area contributed by atoms with Gasteiger partial charge in [0.25, 0.3) is 0 Å². The predicted octanol–water partition coefficient (Wildman–Crippen LogP) is 5.15. The van der Waals surface area contributed by atoms with Crippen LogP contribution in [0.2, 0.25) is 0 Å². The summed E-state index contributed by atoms with van der Waals surface area (Å²) >= 11 is 0. The first-order valence-corrected chi connectivity index (χ1v) is 12.9. The maximum absolute atomic E-state index is 6.31. The lowest BCUT2D eigenvalue weighted by atomic mass is 9.80. The zero-order valence-corrected chi connectivity index (χ0v) is 23.0. The van der Waals surface area contributed by atoms with E-state index in [1.165, 1.54) is 22.4 Å². The molecule has 0 aromatic heterocycles. The van der Waals surface area contributed by atoms with Gasteiger partial charge < -0.3 is 20.3 Å². The Labute approximate surface area is 208 Å². The molecule has 3 rings (SSSR count). The zero-order valence-electron chi connectivity index (χ0n) is 23.0. The lowest BCUT2D eigenvalue weighted by molar-refractivity contribution is -0.172. The lowest BCUT2D eigenvalue weighted by Crippen LogP contribution is -2.48. The summed E-state index contributed by atoms with van der Waals surface area (Å²) in [6.07, 6.45) is 6.95. The molecule has 34 heavy (non-hydrogen) atoms. The molecule has 1 aromatic rings. The Bertz CT molecular complexity index is 872. The SMILES string of the molecule is CNC(NCC1CC(C)(C)OC(C)(C)C1)c1ccccc1C(NC)C(C)C1=CCN(C)C(C)=C1. The van der Waals surface area contributed by atoms with Gasteiger partial charge in [-0.05, 0) is 96.8 Å². The summed E-state index contributed by atoms with van der Waals surface area (Å²) in [6, 6.07) is 9.10. The quantitative estimate of drug-likeness (QED) is 0.438. The molecule has 0 bridgehead atoms. The fourth-order valence-electron chi connectivity index (χ4n) is 6.13. The average Bonchev–Trinajstić information content (AvgIpc) is 2.75. The average molecular weight is 469 g/mol. The molecule has 3 unspecified atom stereocenters. The second-order valence-corrected chi connectivity index (χ2v) is 11.6. The highest BCUT2D eigenvalue weighted by atomic mass is 16.5. The molecule has 5 heteroatoms. The van der Waals surface area contributed by atoms with Crippen LogP contribution in [0.5, 0.6) is 0 Å². The van der Waals surface area contributed by atoms with Gasteiger partial charge in [0.2, 0.25) is 0 Å². The molecule has 0 amide bonds. The molecule has 1 fully saturated rings. The fraction of sp³-hybridized carbons (Fsp3) is 0.655. The van der Waals surface area contributed by atoms with Crippen LogP contribution in [0.1, 0.15) is 77.7 Å². The number of ether oxygens (including phenoxy) is 1. The summed E-state index contributed by atoms with van der Waals surface area (Å²) < 4.78 is 6.31. The maximum atomic E-state index is 6.31. The number of benzene rings is 1. The van der Waals surface area contributed by atoms with Crippen molar-refractivity contribution in [3.8, 4) is 0 Å². The lowest BCUT2D eigenvalue weighted by Gasteiger charge is -2.45. The van der Waals surface area contributed by atoms with Gasteiger partial charge in [0.15, 0.2) is 0 Å². The number of likely N-dealkylation sites (N-methyl/N-ethyl adjacent to an activating group) is 1. The highest BCUT2D eigenvalue weighted by Gasteiger charge is 2.39. The predicted molar refractivity (Wildman–Crippen MR) is 144 cm³/mol. The first kappa shape index (κ1) is 26.9. The van der Waals surface area contributed by atoms with Crippen LogP contribution in [0.3, 0.4) is 0 Å². The van der Waals surface area contributed by atoms with E-state index in [9.17, 15) is 0 Å². The van der Waals surface area contributed by atoms with Crippen molar-refractivity contribution in [3.05, 3.63) is 58.8 Å². The van der Waals surface area contributed by atoms with Gasteiger partial charge in [0.05, 0.1) is 17.4 Å². The monoisotopic (exact) mass is 468 g/mol. The van der Waals surface area contributed by atoms with Crippen LogP contribution < -0.4 is 16.0 Å². The van der Waals surface area contributed by atoms with Gasteiger partial charge in [-0.15, -0.1) is 0 Å². The smallest absolute Gasteiger partial charge is 0.0836 e. The van der Waals surface area contributed by atoms with Gasteiger partial charge in [0.1, 0.15) is 0 Å². The van der Waals surface area contributed by atoms with E-state index >= 15 is 0 Å². The summed E-state index contributed by atoms with van der Waals surface area (Å²) in [5.74, 6) is 0.947. The third-order valence-electron chi connectivity index (χ3n) is 7.57. The van der Waals surface area contributed by atoms with Crippen molar-refractivity contribution in [2.75, 3.05) is 34.2 Å². The Morgan fingerprint density at radius 2 is 1.65 bits per heavy atom.